The van der Waals surface area contributed by atoms with Crippen molar-refractivity contribution < 1.29 is 9.90 Å². The van der Waals surface area contributed by atoms with Gasteiger partial charge in [0.05, 0.1) is 0 Å². The summed E-state index contributed by atoms with van der Waals surface area (Å²) in [5.74, 6) is 0. The normalized spacial score (nSPS) is 12.3. The Morgan fingerprint density at radius 2 is 1.74 bits per heavy atom. The van der Waals surface area contributed by atoms with Crippen LogP contribution in [-0.2, 0) is 0 Å². The molecule has 1 amide bonds. The maximum atomic E-state index is 10.5. The third-order valence-electron chi connectivity index (χ3n) is 3.00. The predicted molar refractivity (Wildman–Crippen MR) is 78.5 cm³/mol. The lowest BCUT2D eigenvalue weighted by Gasteiger charge is -2.14. The third-order valence-corrected chi connectivity index (χ3v) is 3.00. The quantitative estimate of drug-likeness (QED) is 0.319. The minimum absolute atomic E-state index is 0.0550. The standard InChI is InChI=1S/C13H30N4O2/c1-2-12(17-13(18)19)6-11-16-10-5-9-15-8-4-3-7-14/h12,15-17H,2-11,14H2,1H3,(H,18,19)/t12-/m0/s1. The average molecular weight is 274 g/mol. The summed E-state index contributed by atoms with van der Waals surface area (Å²) in [4.78, 5) is 10.5. The van der Waals surface area contributed by atoms with Crippen LogP contribution < -0.4 is 21.7 Å². The van der Waals surface area contributed by atoms with Crippen molar-refractivity contribution in [1.29, 1.82) is 0 Å². The van der Waals surface area contributed by atoms with Gasteiger partial charge in [-0.3, -0.25) is 0 Å². The Morgan fingerprint density at radius 1 is 1.11 bits per heavy atom. The zero-order valence-corrected chi connectivity index (χ0v) is 12.1. The van der Waals surface area contributed by atoms with Crippen molar-refractivity contribution in [3.8, 4) is 0 Å². The summed E-state index contributed by atoms with van der Waals surface area (Å²) in [5.41, 5.74) is 5.41. The molecule has 1 atom stereocenters. The van der Waals surface area contributed by atoms with Crippen LogP contribution in [0.15, 0.2) is 0 Å². The lowest BCUT2D eigenvalue weighted by molar-refractivity contribution is 0.188. The number of carboxylic acid groups (broad SMARTS) is 1. The Kier molecular flexibility index (Phi) is 13.0. The van der Waals surface area contributed by atoms with Crippen molar-refractivity contribution in [2.45, 2.75) is 45.1 Å². The molecular weight excluding hydrogens is 244 g/mol. The van der Waals surface area contributed by atoms with Crippen LogP contribution in [0.2, 0.25) is 0 Å². The fourth-order valence-electron chi connectivity index (χ4n) is 1.81. The number of amides is 1. The molecule has 0 aliphatic heterocycles. The van der Waals surface area contributed by atoms with Crippen LogP contribution in [0, 0.1) is 0 Å². The van der Waals surface area contributed by atoms with Gasteiger partial charge in [0.25, 0.3) is 0 Å². The van der Waals surface area contributed by atoms with E-state index in [1.54, 1.807) is 0 Å². The fraction of sp³-hybridized carbons (Fsp3) is 0.923. The number of nitrogens with two attached hydrogens (primary N) is 1. The molecule has 0 aliphatic carbocycles. The summed E-state index contributed by atoms with van der Waals surface area (Å²) in [6.45, 7) is 6.64. The molecular formula is C13H30N4O2. The molecule has 0 saturated carbocycles. The van der Waals surface area contributed by atoms with Crippen molar-refractivity contribution in [2.24, 2.45) is 5.73 Å². The highest BCUT2D eigenvalue weighted by Crippen LogP contribution is 1.95. The van der Waals surface area contributed by atoms with E-state index < -0.39 is 6.09 Å². The molecule has 0 aromatic carbocycles. The van der Waals surface area contributed by atoms with Crippen LogP contribution in [0.4, 0.5) is 4.79 Å². The summed E-state index contributed by atoms with van der Waals surface area (Å²) in [5, 5.41) is 17.8. The minimum Gasteiger partial charge on any atom is -0.465 e. The zero-order chi connectivity index (χ0) is 14.3. The van der Waals surface area contributed by atoms with Crippen LogP contribution >= 0.6 is 0 Å². The second kappa shape index (κ2) is 13.6. The second-order valence-corrected chi connectivity index (χ2v) is 4.69. The second-order valence-electron chi connectivity index (χ2n) is 4.69. The number of hydrogen-bond acceptors (Lipinski definition) is 4. The summed E-state index contributed by atoms with van der Waals surface area (Å²) in [6.07, 6.45) is 4.05. The molecule has 0 unspecified atom stereocenters. The Morgan fingerprint density at radius 3 is 2.32 bits per heavy atom. The van der Waals surface area contributed by atoms with Crippen LogP contribution in [0.25, 0.3) is 0 Å². The Balaban J connectivity index is 3.23. The highest BCUT2D eigenvalue weighted by Gasteiger charge is 2.07. The first kappa shape index (κ1) is 18.1. The van der Waals surface area contributed by atoms with Crippen LogP contribution in [0.5, 0.6) is 0 Å². The van der Waals surface area contributed by atoms with E-state index in [-0.39, 0.29) is 6.04 Å². The lowest BCUT2D eigenvalue weighted by atomic mass is 10.1. The topological polar surface area (TPSA) is 99.4 Å². The molecule has 0 aromatic heterocycles. The van der Waals surface area contributed by atoms with Gasteiger partial charge in [0.15, 0.2) is 0 Å². The van der Waals surface area contributed by atoms with Gasteiger partial charge in [0, 0.05) is 6.04 Å². The maximum Gasteiger partial charge on any atom is 0.404 e. The van der Waals surface area contributed by atoms with Crippen molar-refractivity contribution in [3.63, 3.8) is 0 Å². The number of hydrogen-bond donors (Lipinski definition) is 5. The predicted octanol–water partition coefficient (Wildman–Crippen LogP) is 0.731. The highest BCUT2D eigenvalue weighted by atomic mass is 16.4. The van der Waals surface area contributed by atoms with Crippen molar-refractivity contribution in [1.82, 2.24) is 16.0 Å². The van der Waals surface area contributed by atoms with Crippen LogP contribution in [0.3, 0.4) is 0 Å². The van der Waals surface area contributed by atoms with E-state index in [4.69, 9.17) is 10.8 Å². The monoisotopic (exact) mass is 274 g/mol. The van der Waals surface area contributed by atoms with Gasteiger partial charge >= 0.3 is 6.09 Å². The summed E-state index contributed by atoms with van der Waals surface area (Å²) >= 11 is 0. The molecule has 0 aliphatic rings. The molecule has 6 heteroatoms. The number of rotatable bonds is 13. The van der Waals surface area contributed by atoms with E-state index in [1.807, 2.05) is 6.92 Å². The van der Waals surface area contributed by atoms with E-state index in [0.717, 1.165) is 64.8 Å². The lowest BCUT2D eigenvalue weighted by Crippen LogP contribution is -2.35. The minimum atomic E-state index is -0.937. The van der Waals surface area contributed by atoms with Crippen molar-refractivity contribution in [2.75, 3.05) is 32.7 Å². The maximum absolute atomic E-state index is 10.5. The molecule has 0 aromatic rings. The molecule has 6 nitrogen and oxygen atoms in total. The van der Waals surface area contributed by atoms with E-state index in [2.05, 4.69) is 16.0 Å². The molecule has 0 radical (unpaired) electrons. The van der Waals surface area contributed by atoms with Gasteiger partial charge in [-0.2, -0.15) is 0 Å². The molecule has 0 fully saturated rings. The number of unbranched alkanes of at least 4 members (excludes halogenated alkanes) is 1. The average Bonchev–Trinajstić information content (AvgIpc) is 2.39. The van der Waals surface area contributed by atoms with Gasteiger partial charge in [0.1, 0.15) is 0 Å². The Hall–Kier alpha value is -0.850. The molecule has 19 heavy (non-hydrogen) atoms. The van der Waals surface area contributed by atoms with Gasteiger partial charge < -0.3 is 26.8 Å². The summed E-state index contributed by atoms with van der Waals surface area (Å²) in [6, 6.07) is 0.0550. The molecule has 0 spiro atoms. The Labute approximate surface area is 116 Å². The van der Waals surface area contributed by atoms with Gasteiger partial charge in [-0.05, 0) is 64.8 Å². The number of carbonyl (C=O) groups is 1. The van der Waals surface area contributed by atoms with Crippen molar-refractivity contribution in [3.05, 3.63) is 0 Å². The fourth-order valence-corrected chi connectivity index (χ4v) is 1.81. The molecule has 114 valence electrons. The van der Waals surface area contributed by atoms with E-state index in [9.17, 15) is 4.79 Å². The molecule has 0 rings (SSSR count). The van der Waals surface area contributed by atoms with Gasteiger partial charge in [-0.25, -0.2) is 4.79 Å². The van der Waals surface area contributed by atoms with Gasteiger partial charge in [-0.15, -0.1) is 0 Å². The third kappa shape index (κ3) is 13.4. The Bertz CT molecular complexity index is 215. The summed E-state index contributed by atoms with van der Waals surface area (Å²) in [7, 11) is 0. The van der Waals surface area contributed by atoms with Gasteiger partial charge in [0.2, 0.25) is 0 Å². The highest BCUT2D eigenvalue weighted by molar-refractivity contribution is 5.64. The van der Waals surface area contributed by atoms with Crippen LogP contribution in [-0.4, -0.2) is 50.0 Å². The van der Waals surface area contributed by atoms with E-state index in [1.165, 1.54) is 0 Å². The molecule has 6 N–H and O–H groups in total. The molecule has 0 heterocycles. The zero-order valence-electron chi connectivity index (χ0n) is 12.1. The molecule has 0 bridgehead atoms. The first-order valence-corrected chi connectivity index (χ1v) is 7.31. The van der Waals surface area contributed by atoms with E-state index in [0.29, 0.717) is 0 Å². The SMILES string of the molecule is CC[C@@H](CCNCCCNCCCCN)NC(=O)O. The molecule has 0 saturated heterocycles. The number of nitrogens with one attached hydrogen (secondary N) is 3. The van der Waals surface area contributed by atoms with Crippen LogP contribution in [0.1, 0.15) is 39.0 Å². The van der Waals surface area contributed by atoms with Gasteiger partial charge in [-0.1, -0.05) is 6.92 Å². The largest absolute Gasteiger partial charge is 0.465 e. The first-order valence-electron chi connectivity index (χ1n) is 7.31. The summed E-state index contributed by atoms with van der Waals surface area (Å²) < 4.78 is 0. The smallest absolute Gasteiger partial charge is 0.404 e. The van der Waals surface area contributed by atoms with E-state index >= 15 is 0 Å². The van der Waals surface area contributed by atoms with Crippen molar-refractivity contribution >= 4 is 6.09 Å². The first-order chi connectivity index (χ1) is 9.20.